The molecule has 76 heavy (non-hydrogen) atoms. The van der Waals surface area contributed by atoms with Crippen LogP contribution in [0, 0.1) is 11.8 Å². The summed E-state index contributed by atoms with van der Waals surface area (Å²) in [5, 5.41) is 2.87. The van der Waals surface area contributed by atoms with Crippen LogP contribution in [0.2, 0.25) is 0 Å². The number of carbonyl (C=O) groups excluding carboxylic acids is 5. The molecule has 442 valence electrons. The fourth-order valence-corrected chi connectivity index (χ4v) is 9.13. The summed E-state index contributed by atoms with van der Waals surface area (Å²) >= 11 is 0. The molecule has 1 amide bonds. The smallest absolute Gasteiger partial charge is 0.407 e. The molecule has 0 aliphatic carbocycles. The van der Waals surface area contributed by atoms with Crippen LogP contribution >= 0.6 is 0 Å². The molecule has 0 spiro atoms. The molecule has 1 fully saturated rings. The molecule has 0 aromatic heterocycles. The van der Waals surface area contributed by atoms with E-state index in [1.54, 1.807) is 0 Å². The van der Waals surface area contributed by atoms with Crippen LogP contribution in [0.1, 0.15) is 253 Å². The average Bonchev–Trinajstić information content (AvgIpc) is 3.94. The van der Waals surface area contributed by atoms with Crippen LogP contribution in [0.5, 0.6) is 0 Å². The lowest BCUT2D eigenvalue weighted by atomic mass is 9.92. The first-order valence-electron chi connectivity index (χ1n) is 31.0. The third-order valence-corrected chi connectivity index (χ3v) is 13.9. The number of amides is 1. The zero-order valence-electron chi connectivity index (χ0n) is 49.1. The Morgan fingerprint density at radius 2 is 0.947 bits per heavy atom. The molecule has 1 N–H and O–H groups in total. The summed E-state index contributed by atoms with van der Waals surface area (Å²) in [6.45, 7) is 15.3. The standard InChI is InChI=1S/C62H112N2O12/c1-6-11-16-21-23-32-48-71-61(72-49-33-24-22-17-12-7-2)42-41-60(68)75-53-55(52-74-59(67)40-39-56(36-27-20-15-10-5)76-62(69)63-44-47-64-45-30-31-46-64)51-73-58(66)38-29-28-37-57(65)70-50-43-54(34-25-18-13-8-3)35-26-19-14-9-4/h11-12,16-17,54-56,61H,6-10,13-15,18-53H2,1-5H3,(H,63,69)/b16-11-,17-12-. The van der Waals surface area contributed by atoms with Crippen molar-refractivity contribution in [1.29, 1.82) is 0 Å². The Morgan fingerprint density at radius 3 is 1.46 bits per heavy atom. The number of esters is 4. The molecule has 0 radical (unpaired) electrons. The number of carbonyl (C=O) groups is 5. The van der Waals surface area contributed by atoms with Crippen molar-refractivity contribution in [3.8, 4) is 0 Å². The Bertz CT molecular complexity index is 1430. The number of unbranched alkanes of at least 4 members (excludes halogenated alkanes) is 14. The first-order chi connectivity index (χ1) is 37.1. The van der Waals surface area contributed by atoms with Gasteiger partial charge in [-0.1, -0.05) is 142 Å². The van der Waals surface area contributed by atoms with E-state index in [-0.39, 0.29) is 51.5 Å². The Hall–Kier alpha value is -3.49. The molecule has 2 atom stereocenters. The van der Waals surface area contributed by atoms with E-state index in [0.29, 0.717) is 64.4 Å². The van der Waals surface area contributed by atoms with Gasteiger partial charge in [-0.2, -0.15) is 0 Å². The van der Waals surface area contributed by atoms with Gasteiger partial charge in [-0.3, -0.25) is 19.2 Å². The Morgan fingerprint density at radius 1 is 0.461 bits per heavy atom. The van der Waals surface area contributed by atoms with Gasteiger partial charge in [0, 0.05) is 52.0 Å². The number of nitrogens with zero attached hydrogens (tertiary/aromatic N) is 1. The van der Waals surface area contributed by atoms with Crippen LogP contribution < -0.4 is 5.32 Å². The normalized spacial score (nSPS) is 13.7. The first-order valence-corrected chi connectivity index (χ1v) is 31.0. The van der Waals surface area contributed by atoms with E-state index in [1.165, 1.54) is 77.0 Å². The maximum absolute atomic E-state index is 13.2. The monoisotopic (exact) mass is 1080 g/mol. The molecule has 14 nitrogen and oxygen atoms in total. The molecular weight excluding hydrogens is 965 g/mol. The summed E-state index contributed by atoms with van der Waals surface area (Å²) in [5.41, 5.74) is 0. The van der Waals surface area contributed by atoms with Gasteiger partial charge in [0.15, 0.2) is 6.29 Å². The third kappa shape index (κ3) is 44.5. The minimum atomic E-state index is -0.622. The van der Waals surface area contributed by atoms with Crippen molar-refractivity contribution >= 4 is 30.0 Å². The second-order valence-electron chi connectivity index (χ2n) is 21.0. The van der Waals surface area contributed by atoms with Crippen molar-refractivity contribution in [3.63, 3.8) is 0 Å². The van der Waals surface area contributed by atoms with Gasteiger partial charge in [0.05, 0.1) is 18.9 Å². The van der Waals surface area contributed by atoms with Gasteiger partial charge in [0.1, 0.15) is 25.9 Å². The lowest BCUT2D eigenvalue weighted by Gasteiger charge is -2.20. The largest absolute Gasteiger partial charge is 0.466 e. The molecule has 1 rings (SSSR count). The molecule has 1 aliphatic rings. The average molecular weight is 1080 g/mol. The number of alkyl carbamates (subject to hydrolysis) is 1. The summed E-state index contributed by atoms with van der Waals surface area (Å²) in [7, 11) is 0. The number of rotatable bonds is 53. The number of allylic oxidation sites excluding steroid dienone is 4. The number of likely N-dealkylation sites (tertiary alicyclic amines) is 1. The number of hydrogen-bond acceptors (Lipinski definition) is 13. The summed E-state index contributed by atoms with van der Waals surface area (Å²) in [5.74, 6) is -1.68. The van der Waals surface area contributed by atoms with Crippen LogP contribution in [-0.4, -0.2) is 113 Å². The molecule has 0 aromatic carbocycles. The predicted molar refractivity (Wildman–Crippen MR) is 305 cm³/mol. The predicted octanol–water partition coefficient (Wildman–Crippen LogP) is 14.6. The highest BCUT2D eigenvalue weighted by atomic mass is 16.7. The maximum atomic E-state index is 13.2. The highest BCUT2D eigenvalue weighted by Gasteiger charge is 2.22. The molecule has 1 heterocycles. The van der Waals surface area contributed by atoms with Gasteiger partial charge < -0.3 is 43.4 Å². The van der Waals surface area contributed by atoms with Crippen molar-refractivity contribution in [2.75, 3.05) is 65.8 Å². The van der Waals surface area contributed by atoms with Gasteiger partial charge in [0.25, 0.3) is 0 Å². The fraction of sp³-hybridized carbons (Fsp3) is 0.855. The number of nitrogens with one attached hydrogen (secondary N) is 1. The second kappa shape index (κ2) is 52.2. The van der Waals surface area contributed by atoms with Crippen LogP contribution in [0.3, 0.4) is 0 Å². The van der Waals surface area contributed by atoms with E-state index < -0.39 is 42.3 Å². The van der Waals surface area contributed by atoms with E-state index in [1.807, 2.05) is 0 Å². The van der Waals surface area contributed by atoms with E-state index in [9.17, 15) is 24.0 Å². The van der Waals surface area contributed by atoms with Gasteiger partial charge in [-0.05, 0) is 122 Å². The van der Waals surface area contributed by atoms with Crippen LogP contribution in [0.25, 0.3) is 0 Å². The molecule has 0 aromatic rings. The number of hydrogen-bond donors (Lipinski definition) is 1. The molecule has 0 saturated carbocycles. The summed E-state index contributed by atoms with van der Waals surface area (Å²) < 4.78 is 40.7. The Labute approximate surface area is 463 Å². The lowest BCUT2D eigenvalue weighted by Crippen LogP contribution is -2.35. The Kier molecular flexibility index (Phi) is 48.5. The molecule has 0 bridgehead atoms. The highest BCUT2D eigenvalue weighted by Crippen LogP contribution is 2.22. The first kappa shape index (κ1) is 70.5. The van der Waals surface area contributed by atoms with E-state index in [2.05, 4.69) is 69.1 Å². The van der Waals surface area contributed by atoms with E-state index in [0.717, 1.165) is 103 Å². The SMILES string of the molecule is CC/C=C\CCCCOC(CCC(=O)OCC(COC(=O)CCCCC(=O)OCCC(CCCCCC)CCCCCC)COC(=O)CCC(CCCCCC)OC(=O)NCCN1CCCC1)OCCCC/C=C\CC. The maximum Gasteiger partial charge on any atom is 0.407 e. The molecule has 2 unspecified atom stereocenters. The molecular formula is C62H112N2O12. The topological polar surface area (TPSA) is 165 Å². The van der Waals surface area contributed by atoms with Gasteiger partial charge in [-0.15, -0.1) is 0 Å². The summed E-state index contributed by atoms with van der Waals surface area (Å²) in [6.07, 6.45) is 37.3. The Balaban J connectivity index is 2.83. The summed E-state index contributed by atoms with van der Waals surface area (Å²) in [6, 6.07) is 0. The van der Waals surface area contributed by atoms with Crippen molar-refractivity contribution < 1.29 is 57.1 Å². The van der Waals surface area contributed by atoms with Crippen molar-refractivity contribution in [1.82, 2.24) is 10.2 Å². The third-order valence-electron chi connectivity index (χ3n) is 13.9. The minimum Gasteiger partial charge on any atom is -0.466 e. The van der Waals surface area contributed by atoms with Crippen LogP contribution in [0.4, 0.5) is 4.79 Å². The van der Waals surface area contributed by atoms with E-state index >= 15 is 0 Å². The molecule has 14 heteroatoms. The lowest BCUT2D eigenvalue weighted by molar-refractivity contribution is -0.162. The van der Waals surface area contributed by atoms with Gasteiger partial charge in [0.2, 0.25) is 0 Å². The summed E-state index contributed by atoms with van der Waals surface area (Å²) in [4.78, 5) is 67.1. The highest BCUT2D eigenvalue weighted by molar-refractivity contribution is 5.71. The van der Waals surface area contributed by atoms with Crippen molar-refractivity contribution in [2.24, 2.45) is 11.8 Å². The zero-order valence-corrected chi connectivity index (χ0v) is 49.1. The van der Waals surface area contributed by atoms with Crippen molar-refractivity contribution in [3.05, 3.63) is 24.3 Å². The number of ether oxygens (including phenoxy) is 7. The van der Waals surface area contributed by atoms with E-state index in [4.69, 9.17) is 33.2 Å². The molecule has 1 aliphatic heterocycles. The van der Waals surface area contributed by atoms with Crippen molar-refractivity contribution in [2.45, 2.75) is 265 Å². The van der Waals surface area contributed by atoms with Gasteiger partial charge >= 0.3 is 30.0 Å². The zero-order chi connectivity index (χ0) is 55.4. The van der Waals surface area contributed by atoms with Gasteiger partial charge in [-0.25, -0.2) is 4.79 Å². The second-order valence-corrected chi connectivity index (χ2v) is 21.0. The fourth-order valence-electron chi connectivity index (χ4n) is 9.13. The minimum absolute atomic E-state index is 0.0270. The van der Waals surface area contributed by atoms with Crippen LogP contribution in [0.15, 0.2) is 24.3 Å². The molecule has 1 saturated heterocycles. The quantitative estimate of drug-likeness (QED) is 0.0201. The van der Waals surface area contributed by atoms with Crippen LogP contribution in [-0.2, 0) is 52.3 Å².